The van der Waals surface area contributed by atoms with Crippen LogP contribution in [0, 0.1) is 0 Å². The first-order valence-corrected chi connectivity index (χ1v) is 13.4. The minimum absolute atomic E-state index is 0.00198. The predicted octanol–water partition coefficient (Wildman–Crippen LogP) is 6.11. The third kappa shape index (κ3) is 5.42. The van der Waals surface area contributed by atoms with Crippen LogP contribution in [0.2, 0.25) is 0 Å². The Morgan fingerprint density at radius 3 is 2.50 bits per heavy atom. The Bertz CT molecular complexity index is 1220. The number of anilines is 1. The monoisotopic (exact) mass is 517 g/mol. The van der Waals surface area contributed by atoms with Crippen LogP contribution in [-0.2, 0) is 11.2 Å². The number of allylic oxidation sites excluding steroid dienone is 1. The standard InChI is InChI=1S/C31H39N3O4/c1-7-10-22(8-2)30-26-19-28(38-20(3)4)27(37-6)17-24(26)18-29(35)34(30)25-13-11-23(12-14-25)21(5)33-16-9-15-32-31(33)36/h8,10-14,17,19-21,30H,2,7,9,15-16,18H2,1,3-6H3,(H,32,36). The van der Waals surface area contributed by atoms with E-state index in [2.05, 4.69) is 24.9 Å². The van der Waals surface area contributed by atoms with Gasteiger partial charge in [0, 0.05) is 18.8 Å². The van der Waals surface area contributed by atoms with Gasteiger partial charge in [-0.2, -0.15) is 0 Å². The van der Waals surface area contributed by atoms with Crippen molar-refractivity contribution in [2.45, 2.75) is 65.1 Å². The number of urea groups is 1. The van der Waals surface area contributed by atoms with Gasteiger partial charge in [-0.1, -0.05) is 37.8 Å². The van der Waals surface area contributed by atoms with Crippen molar-refractivity contribution >= 4 is 17.6 Å². The quantitative estimate of drug-likeness (QED) is 0.407. The summed E-state index contributed by atoms with van der Waals surface area (Å²) < 4.78 is 11.7. The molecule has 202 valence electrons. The number of benzene rings is 2. The fraction of sp³-hybridized carbons (Fsp3) is 0.419. The molecule has 2 unspecified atom stereocenters. The van der Waals surface area contributed by atoms with Gasteiger partial charge >= 0.3 is 6.03 Å². The zero-order valence-electron chi connectivity index (χ0n) is 23.1. The van der Waals surface area contributed by atoms with E-state index in [0.29, 0.717) is 18.0 Å². The summed E-state index contributed by atoms with van der Waals surface area (Å²) in [6, 6.07) is 11.5. The Kier molecular flexibility index (Phi) is 8.45. The first-order valence-electron chi connectivity index (χ1n) is 13.4. The molecule has 2 aromatic rings. The molecule has 0 radical (unpaired) electrons. The fourth-order valence-corrected chi connectivity index (χ4v) is 5.34. The molecule has 4 rings (SSSR count). The minimum Gasteiger partial charge on any atom is -0.493 e. The van der Waals surface area contributed by atoms with Crippen molar-refractivity contribution in [1.82, 2.24) is 10.2 Å². The van der Waals surface area contributed by atoms with E-state index in [0.717, 1.165) is 47.3 Å². The topological polar surface area (TPSA) is 71.1 Å². The summed E-state index contributed by atoms with van der Waals surface area (Å²) in [5.41, 5.74) is 4.72. The van der Waals surface area contributed by atoms with Gasteiger partial charge in [-0.15, -0.1) is 0 Å². The molecule has 2 aliphatic rings. The highest BCUT2D eigenvalue weighted by molar-refractivity contribution is 5.98. The van der Waals surface area contributed by atoms with Crippen LogP contribution in [0.3, 0.4) is 0 Å². The van der Waals surface area contributed by atoms with Crippen LogP contribution in [0.1, 0.15) is 69.3 Å². The molecular weight excluding hydrogens is 478 g/mol. The Morgan fingerprint density at radius 2 is 1.89 bits per heavy atom. The lowest BCUT2D eigenvalue weighted by molar-refractivity contribution is -0.118. The number of carbonyl (C=O) groups excluding carboxylic acids is 2. The lowest BCUT2D eigenvalue weighted by Crippen LogP contribution is -2.47. The number of amides is 3. The van der Waals surface area contributed by atoms with Crippen LogP contribution in [0.15, 0.2) is 60.7 Å². The maximum atomic E-state index is 13.7. The van der Waals surface area contributed by atoms with Gasteiger partial charge in [0.15, 0.2) is 11.5 Å². The molecule has 2 aromatic carbocycles. The average Bonchev–Trinajstić information content (AvgIpc) is 2.91. The second-order valence-electron chi connectivity index (χ2n) is 10.1. The van der Waals surface area contributed by atoms with Crippen LogP contribution in [0.4, 0.5) is 10.5 Å². The minimum atomic E-state index is -0.347. The summed E-state index contributed by atoms with van der Waals surface area (Å²) in [7, 11) is 1.62. The number of nitrogens with one attached hydrogen (secondary N) is 1. The van der Waals surface area contributed by atoms with E-state index in [1.54, 1.807) is 7.11 Å². The number of hydrogen-bond acceptors (Lipinski definition) is 4. The van der Waals surface area contributed by atoms with Gasteiger partial charge < -0.3 is 24.6 Å². The Morgan fingerprint density at radius 1 is 1.16 bits per heavy atom. The molecule has 0 aromatic heterocycles. The first-order chi connectivity index (χ1) is 18.3. The van der Waals surface area contributed by atoms with Crippen molar-refractivity contribution in [1.29, 1.82) is 0 Å². The molecular formula is C31H39N3O4. The van der Waals surface area contributed by atoms with Gasteiger partial charge in [-0.05, 0) is 80.1 Å². The van der Waals surface area contributed by atoms with E-state index < -0.39 is 0 Å². The first kappa shape index (κ1) is 27.3. The summed E-state index contributed by atoms with van der Waals surface area (Å²) in [5, 5.41) is 2.92. The molecule has 7 nitrogen and oxygen atoms in total. The van der Waals surface area contributed by atoms with E-state index in [1.165, 1.54) is 0 Å². The van der Waals surface area contributed by atoms with Crippen molar-refractivity contribution in [2.75, 3.05) is 25.1 Å². The van der Waals surface area contributed by atoms with E-state index in [4.69, 9.17) is 9.47 Å². The van der Waals surface area contributed by atoms with Gasteiger partial charge in [0.05, 0.1) is 31.7 Å². The van der Waals surface area contributed by atoms with Gasteiger partial charge in [-0.25, -0.2) is 4.79 Å². The predicted molar refractivity (Wildman–Crippen MR) is 151 cm³/mol. The van der Waals surface area contributed by atoms with Crippen molar-refractivity contribution < 1.29 is 19.1 Å². The maximum absolute atomic E-state index is 13.7. The smallest absolute Gasteiger partial charge is 0.317 e. The van der Waals surface area contributed by atoms with Crippen LogP contribution in [0.25, 0.3) is 0 Å². The lowest BCUT2D eigenvalue weighted by atomic mass is 9.86. The van der Waals surface area contributed by atoms with Crippen LogP contribution in [-0.4, -0.2) is 43.1 Å². The van der Waals surface area contributed by atoms with Gasteiger partial charge in [0.1, 0.15) is 0 Å². The molecule has 1 N–H and O–H groups in total. The summed E-state index contributed by atoms with van der Waals surface area (Å²) in [6.07, 6.45) is 5.93. The van der Waals surface area contributed by atoms with Crippen molar-refractivity contribution in [3.05, 3.63) is 77.4 Å². The fourth-order valence-electron chi connectivity index (χ4n) is 5.34. The van der Waals surface area contributed by atoms with E-state index in [-0.39, 0.29) is 36.5 Å². The van der Waals surface area contributed by atoms with Crippen LogP contribution < -0.4 is 19.7 Å². The second kappa shape index (κ2) is 11.8. The summed E-state index contributed by atoms with van der Waals surface area (Å²) in [6.45, 7) is 13.6. The molecule has 1 fully saturated rings. The SMILES string of the molecule is C=CC(=CCC)C1c2cc(OC(C)C)c(OC)cc2CC(=O)N1c1ccc(C(C)N2CCCNC2=O)cc1. The van der Waals surface area contributed by atoms with E-state index >= 15 is 0 Å². The highest BCUT2D eigenvalue weighted by Crippen LogP contribution is 2.44. The second-order valence-corrected chi connectivity index (χ2v) is 10.1. The van der Waals surface area contributed by atoms with Gasteiger partial charge in [0.25, 0.3) is 0 Å². The van der Waals surface area contributed by atoms with E-state index in [1.807, 2.05) is 73.0 Å². The lowest BCUT2D eigenvalue weighted by Gasteiger charge is -2.39. The third-order valence-corrected chi connectivity index (χ3v) is 7.18. The van der Waals surface area contributed by atoms with Crippen molar-refractivity contribution in [3.63, 3.8) is 0 Å². The Balaban J connectivity index is 1.76. The highest BCUT2D eigenvalue weighted by atomic mass is 16.5. The molecule has 38 heavy (non-hydrogen) atoms. The molecule has 2 atom stereocenters. The van der Waals surface area contributed by atoms with Crippen LogP contribution >= 0.6 is 0 Å². The third-order valence-electron chi connectivity index (χ3n) is 7.18. The van der Waals surface area contributed by atoms with Gasteiger partial charge in [-0.3, -0.25) is 4.79 Å². The summed E-state index contributed by atoms with van der Waals surface area (Å²) >= 11 is 0. The number of nitrogens with zero attached hydrogens (tertiary/aromatic N) is 2. The molecule has 0 saturated carbocycles. The zero-order valence-corrected chi connectivity index (χ0v) is 23.1. The number of hydrogen-bond donors (Lipinski definition) is 1. The molecule has 2 heterocycles. The van der Waals surface area contributed by atoms with Gasteiger partial charge in [0.2, 0.25) is 5.91 Å². The molecule has 0 spiro atoms. The van der Waals surface area contributed by atoms with Crippen LogP contribution in [0.5, 0.6) is 11.5 Å². The largest absolute Gasteiger partial charge is 0.493 e. The number of rotatable bonds is 9. The summed E-state index contributed by atoms with van der Waals surface area (Å²) in [4.78, 5) is 29.8. The number of carbonyl (C=O) groups is 2. The molecule has 0 bridgehead atoms. The molecule has 1 saturated heterocycles. The maximum Gasteiger partial charge on any atom is 0.317 e. The van der Waals surface area contributed by atoms with Crippen molar-refractivity contribution in [2.24, 2.45) is 0 Å². The molecule has 0 aliphatic carbocycles. The Labute approximate surface area is 226 Å². The molecule has 2 aliphatic heterocycles. The molecule has 7 heteroatoms. The number of ether oxygens (including phenoxy) is 2. The normalized spacial score (nSPS) is 18.7. The summed E-state index contributed by atoms with van der Waals surface area (Å²) in [5.74, 6) is 1.28. The zero-order chi connectivity index (χ0) is 27.4. The number of methoxy groups -OCH3 is 1. The van der Waals surface area contributed by atoms with Crippen molar-refractivity contribution in [3.8, 4) is 11.5 Å². The molecule has 3 amide bonds. The Hall–Kier alpha value is -3.74. The highest BCUT2D eigenvalue weighted by Gasteiger charge is 2.36. The van der Waals surface area contributed by atoms with E-state index in [9.17, 15) is 9.59 Å². The number of fused-ring (bicyclic) bond motifs is 1. The average molecular weight is 518 g/mol.